The number of ether oxygens (including phenoxy) is 4. The van der Waals surface area contributed by atoms with Gasteiger partial charge in [-0.25, -0.2) is 8.78 Å². The van der Waals surface area contributed by atoms with Crippen LogP contribution < -0.4 is 9.47 Å². The predicted molar refractivity (Wildman–Crippen MR) is 157 cm³/mol. The molecule has 0 bridgehead atoms. The summed E-state index contributed by atoms with van der Waals surface area (Å²) in [5.41, 5.74) is 1.29. The maximum atomic E-state index is 15.2. The molecule has 4 nitrogen and oxygen atoms in total. The minimum absolute atomic E-state index is 0.00371. The smallest absolute Gasteiger partial charge is 0.432 e. The minimum Gasteiger partial charge on any atom is -0.432 e. The van der Waals surface area contributed by atoms with Crippen LogP contribution in [0, 0.1) is 23.5 Å². The van der Waals surface area contributed by atoms with E-state index in [0.717, 1.165) is 37.5 Å². The summed E-state index contributed by atoms with van der Waals surface area (Å²) in [6.45, 7) is 3.28. The van der Waals surface area contributed by atoms with Crippen LogP contribution >= 0.6 is 0 Å². The molecule has 1 aliphatic heterocycles. The van der Waals surface area contributed by atoms with Gasteiger partial charge in [0.15, 0.2) is 6.29 Å². The van der Waals surface area contributed by atoms with E-state index in [-0.39, 0.29) is 35.6 Å². The molecular weight excluding hydrogens is 617 g/mol. The van der Waals surface area contributed by atoms with E-state index in [9.17, 15) is 17.6 Å². The molecule has 0 radical (unpaired) electrons. The van der Waals surface area contributed by atoms with Gasteiger partial charge in [0.1, 0.15) is 23.1 Å². The van der Waals surface area contributed by atoms with Crippen molar-refractivity contribution in [3.63, 3.8) is 0 Å². The molecule has 1 aliphatic carbocycles. The van der Waals surface area contributed by atoms with Crippen molar-refractivity contribution >= 4 is 0 Å². The summed E-state index contributed by atoms with van der Waals surface area (Å²) >= 11 is 0. The molecule has 1 saturated carbocycles. The predicted octanol–water partition coefficient (Wildman–Crippen LogP) is 10.7. The highest BCUT2D eigenvalue weighted by atomic mass is 19.4. The molecule has 3 aromatic carbocycles. The molecule has 11 heteroatoms. The number of rotatable bonds is 11. The van der Waals surface area contributed by atoms with Gasteiger partial charge in [0.25, 0.3) is 0 Å². The summed E-state index contributed by atoms with van der Waals surface area (Å²) < 4.78 is 118. The molecule has 0 spiro atoms. The molecule has 46 heavy (non-hydrogen) atoms. The van der Waals surface area contributed by atoms with Crippen LogP contribution in [-0.4, -0.2) is 25.7 Å². The maximum Gasteiger partial charge on any atom is 0.573 e. The Bertz CT molecular complexity index is 1430. The van der Waals surface area contributed by atoms with Crippen LogP contribution in [0.2, 0.25) is 0 Å². The average Bonchev–Trinajstić information content (AvgIpc) is 3.01. The number of halogens is 7. The molecule has 5 rings (SSSR count). The second kappa shape index (κ2) is 14.6. The van der Waals surface area contributed by atoms with Crippen LogP contribution in [0.5, 0.6) is 11.5 Å². The Morgan fingerprint density at radius 2 is 1.41 bits per heavy atom. The van der Waals surface area contributed by atoms with E-state index in [4.69, 9.17) is 14.2 Å². The van der Waals surface area contributed by atoms with Crippen LogP contribution in [0.15, 0.2) is 60.7 Å². The lowest BCUT2D eigenvalue weighted by Gasteiger charge is -2.34. The number of hydrogen-bond donors (Lipinski definition) is 0. The second-order valence-corrected chi connectivity index (χ2v) is 12.1. The van der Waals surface area contributed by atoms with E-state index < -0.39 is 42.1 Å². The van der Waals surface area contributed by atoms with Crippen molar-refractivity contribution in [3.8, 4) is 22.6 Å². The van der Waals surface area contributed by atoms with Gasteiger partial charge in [-0.05, 0) is 79.5 Å². The van der Waals surface area contributed by atoms with E-state index in [1.807, 2.05) is 0 Å². The lowest BCUT2D eigenvalue weighted by molar-refractivity contribution is -0.274. The third-order valence-corrected chi connectivity index (χ3v) is 8.71. The van der Waals surface area contributed by atoms with Crippen LogP contribution in [-0.2, 0) is 9.47 Å². The second-order valence-electron chi connectivity index (χ2n) is 12.1. The van der Waals surface area contributed by atoms with Crippen LogP contribution in [0.25, 0.3) is 11.1 Å². The highest BCUT2D eigenvalue weighted by Crippen LogP contribution is 2.44. The molecule has 0 unspecified atom stereocenters. The van der Waals surface area contributed by atoms with Crippen molar-refractivity contribution in [1.29, 1.82) is 0 Å². The van der Waals surface area contributed by atoms with Crippen molar-refractivity contribution in [1.82, 2.24) is 0 Å². The standard InChI is InChI=1S/C35H37F7O4/c1-2-3-4-5-22-20-43-33(44-21-22)25-10-16-29(31(36)18-25)23-6-11-26(12-7-23)34(38,39)45-28-15-17-30(32(37)19-28)24-8-13-27(14-9-24)46-35(40,41)42/h8-10,13-19,22-23,26,33H,2-7,11-12,20-21H2,1H3. The number of hydrogen-bond acceptors (Lipinski definition) is 4. The van der Waals surface area contributed by atoms with E-state index in [1.165, 1.54) is 36.8 Å². The third kappa shape index (κ3) is 8.73. The summed E-state index contributed by atoms with van der Waals surface area (Å²) in [4.78, 5) is 0. The normalized spacial score (nSPS) is 22.4. The van der Waals surface area contributed by atoms with Gasteiger partial charge in [0, 0.05) is 23.1 Å². The first-order chi connectivity index (χ1) is 21.9. The monoisotopic (exact) mass is 654 g/mol. The third-order valence-electron chi connectivity index (χ3n) is 8.71. The Morgan fingerprint density at radius 3 is 2.02 bits per heavy atom. The van der Waals surface area contributed by atoms with E-state index in [0.29, 0.717) is 43.1 Å². The van der Waals surface area contributed by atoms with Crippen molar-refractivity contribution < 1.29 is 49.7 Å². The Hall–Kier alpha value is -3.31. The van der Waals surface area contributed by atoms with E-state index >= 15 is 13.2 Å². The number of alkyl halides is 5. The van der Waals surface area contributed by atoms with Crippen LogP contribution in [0.4, 0.5) is 30.7 Å². The van der Waals surface area contributed by atoms with Gasteiger partial charge in [0.05, 0.1) is 19.1 Å². The topological polar surface area (TPSA) is 36.9 Å². The number of benzene rings is 3. The fourth-order valence-corrected chi connectivity index (χ4v) is 6.22. The molecule has 2 aliphatic rings. The Kier molecular flexibility index (Phi) is 10.8. The molecule has 0 atom stereocenters. The molecule has 0 amide bonds. The zero-order chi connectivity index (χ0) is 32.9. The summed E-state index contributed by atoms with van der Waals surface area (Å²) in [5.74, 6) is -3.20. The SMILES string of the molecule is CCCCCC1COC(c2ccc(C3CCC(C(F)(F)Oc4ccc(-c5ccc(OC(F)(F)F)cc5)c(F)c4)CC3)c(F)c2)OC1. The summed E-state index contributed by atoms with van der Waals surface area (Å²) in [6.07, 6.45) is -3.78. The maximum absolute atomic E-state index is 15.2. The van der Waals surface area contributed by atoms with E-state index in [1.54, 1.807) is 12.1 Å². The van der Waals surface area contributed by atoms with Crippen LogP contribution in [0.3, 0.4) is 0 Å². The molecule has 2 fully saturated rings. The molecule has 0 aromatic heterocycles. The zero-order valence-electron chi connectivity index (χ0n) is 25.4. The summed E-state index contributed by atoms with van der Waals surface area (Å²) in [7, 11) is 0. The van der Waals surface area contributed by atoms with Gasteiger partial charge in [-0.1, -0.05) is 50.5 Å². The quantitative estimate of drug-likeness (QED) is 0.152. The van der Waals surface area contributed by atoms with Crippen molar-refractivity contribution in [2.45, 2.75) is 83.0 Å². The first-order valence-corrected chi connectivity index (χ1v) is 15.7. The molecule has 0 N–H and O–H groups in total. The Balaban J connectivity index is 1.14. The van der Waals surface area contributed by atoms with Gasteiger partial charge in [-0.2, -0.15) is 8.78 Å². The fourth-order valence-electron chi connectivity index (χ4n) is 6.22. The molecule has 1 saturated heterocycles. The molecular formula is C35H37F7O4. The van der Waals surface area contributed by atoms with E-state index in [2.05, 4.69) is 11.7 Å². The fraction of sp³-hybridized carbons (Fsp3) is 0.486. The first-order valence-electron chi connectivity index (χ1n) is 15.7. The Labute approximate surface area is 263 Å². The highest BCUT2D eigenvalue weighted by Gasteiger charge is 2.44. The van der Waals surface area contributed by atoms with Gasteiger partial charge in [0.2, 0.25) is 0 Å². The lowest BCUT2D eigenvalue weighted by Crippen LogP contribution is -2.37. The highest BCUT2D eigenvalue weighted by molar-refractivity contribution is 5.65. The van der Waals surface area contributed by atoms with Crippen molar-refractivity contribution in [3.05, 3.63) is 83.4 Å². The minimum atomic E-state index is -4.87. The largest absolute Gasteiger partial charge is 0.573 e. The molecule has 3 aromatic rings. The summed E-state index contributed by atoms with van der Waals surface area (Å²) in [6, 6.07) is 12.6. The van der Waals surface area contributed by atoms with Gasteiger partial charge in [-0.15, -0.1) is 13.2 Å². The van der Waals surface area contributed by atoms with Crippen molar-refractivity contribution in [2.75, 3.05) is 13.2 Å². The zero-order valence-corrected chi connectivity index (χ0v) is 25.4. The van der Waals surface area contributed by atoms with Gasteiger partial charge < -0.3 is 18.9 Å². The van der Waals surface area contributed by atoms with Crippen LogP contribution in [0.1, 0.15) is 81.6 Å². The summed E-state index contributed by atoms with van der Waals surface area (Å²) in [5, 5.41) is 0. The lowest BCUT2D eigenvalue weighted by atomic mass is 9.78. The van der Waals surface area contributed by atoms with Crippen molar-refractivity contribution in [2.24, 2.45) is 11.8 Å². The average molecular weight is 655 g/mol. The number of unbranched alkanes of at least 4 members (excludes halogenated alkanes) is 2. The molecule has 250 valence electrons. The van der Waals surface area contributed by atoms with Gasteiger partial charge in [-0.3, -0.25) is 0 Å². The van der Waals surface area contributed by atoms with Gasteiger partial charge >= 0.3 is 12.5 Å². The molecule has 1 heterocycles. The first kappa shape index (κ1) is 34.0. The Morgan fingerprint density at radius 1 is 0.739 bits per heavy atom.